The highest BCUT2D eigenvalue weighted by Gasteiger charge is 2.24. The van der Waals surface area contributed by atoms with E-state index in [1.54, 1.807) is 7.05 Å². The number of hydrogen-bond donors (Lipinski definition) is 1. The van der Waals surface area contributed by atoms with E-state index in [1.165, 1.54) is 17.0 Å². The molecule has 0 unspecified atom stereocenters. The van der Waals surface area contributed by atoms with Crippen LogP contribution >= 0.6 is 12.4 Å². The fourth-order valence-corrected chi connectivity index (χ4v) is 2.52. The van der Waals surface area contributed by atoms with Gasteiger partial charge in [-0.05, 0) is 18.4 Å². The lowest BCUT2D eigenvalue weighted by Crippen LogP contribution is -2.42. The lowest BCUT2D eigenvalue weighted by molar-refractivity contribution is -0.132. The molecule has 0 spiro atoms. The summed E-state index contributed by atoms with van der Waals surface area (Å²) in [5, 5.41) is 0. The van der Waals surface area contributed by atoms with Crippen LogP contribution in [0.1, 0.15) is 25.8 Å². The van der Waals surface area contributed by atoms with Gasteiger partial charge in [0.1, 0.15) is 5.75 Å². The van der Waals surface area contributed by atoms with Crippen LogP contribution in [0.2, 0.25) is 0 Å². The van der Waals surface area contributed by atoms with Gasteiger partial charge in [0, 0.05) is 25.2 Å². The Balaban J connectivity index is 0.00000312. The van der Waals surface area contributed by atoms with Crippen LogP contribution < -0.4 is 19.9 Å². The minimum absolute atomic E-state index is 0. The molecule has 6 nitrogen and oxygen atoms in total. The first-order chi connectivity index (χ1) is 11.3. The Kier molecular flexibility index (Phi) is 7.69. The maximum atomic E-state index is 12.6. The number of likely N-dealkylation sites (N-methyl/N-ethyl adjacent to an activating group) is 1. The predicted octanol–water partition coefficient (Wildman–Crippen LogP) is 2.77. The Hall–Kier alpha value is -1.80. The molecule has 9 heteroatoms. The van der Waals surface area contributed by atoms with E-state index < -0.39 is 12.7 Å². The molecule has 1 aliphatic heterocycles. The molecule has 0 bridgehead atoms. The van der Waals surface area contributed by atoms with Crippen LogP contribution in [-0.2, 0) is 11.3 Å². The number of carbonyl (C=O) groups is 1. The summed E-state index contributed by atoms with van der Waals surface area (Å²) in [4.78, 5) is 13.7. The van der Waals surface area contributed by atoms with Crippen molar-refractivity contribution >= 4 is 18.3 Å². The number of rotatable bonds is 7. The highest BCUT2D eigenvalue weighted by Crippen LogP contribution is 2.39. The molecule has 1 aromatic carbocycles. The van der Waals surface area contributed by atoms with E-state index in [9.17, 15) is 13.6 Å². The van der Waals surface area contributed by atoms with Crippen LogP contribution in [0.5, 0.6) is 17.2 Å². The molecule has 0 fully saturated rings. The zero-order valence-corrected chi connectivity index (χ0v) is 15.1. The van der Waals surface area contributed by atoms with Gasteiger partial charge in [-0.3, -0.25) is 4.79 Å². The van der Waals surface area contributed by atoms with E-state index in [2.05, 4.69) is 4.74 Å². The minimum atomic E-state index is -2.98. The van der Waals surface area contributed by atoms with Gasteiger partial charge in [-0.2, -0.15) is 8.78 Å². The second-order valence-corrected chi connectivity index (χ2v) is 6.12. The summed E-state index contributed by atoms with van der Waals surface area (Å²) >= 11 is 0. The molecule has 25 heavy (non-hydrogen) atoms. The summed E-state index contributed by atoms with van der Waals surface area (Å²) in [7, 11) is 1.57. The zero-order chi connectivity index (χ0) is 17.9. The third kappa shape index (κ3) is 5.61. The maximum absolute atomic E-state index is 12.6. The van der Waals surface area contributed by atoms with Gasteiger partial charge in [0.15, 0.2) is 11.5 Å². The first kappa shape index (κ1) is 21.2. The molecule has 1 atom stereocenters. The number of nitrogens with zero attached hydrogens (tertiary/aromatic N) is 1. The van der Waals surface area contributed by atoms with E-state index >= 15 is 0 Å². The Bertz CT molecular complexity index is 602. The first-order valence-electron chi connectivity index (χ1n) is 7.65. The number of halogens is 3. The van der Waals surface area contributed by atoms with Gasteiger partial charge in [-0.15, -0.1) is 12.4 Å². The van der Waals surface area contributed by atoms with Crippen molar-refractivity contribution in [1.29, 1.82) is 0 Å². The van der Waals surface area contributed by atoms with Gasteiger partial charge < -0.3 is 24.8 Å². The largest absolute Gasteiger partial charge is 0.454 e. The molecule has 0 saturated carbocycles. The highest BCUT2D eigenvalue weighted by atomic mass is 35.5. The maximum Gasteiger partial charge on any atom is 0.387 e. The van der Waals surface area contributed by atoms with Crippen molar-refractivity contribution in [2.24, 2.45) is 11.7 Å². The molecular weight excluding hydrogens is 358 g/mol. The lowest BCUT2D eigenvalue weighted by Gasteiger charge is -2.23. The topological polar surface area (TPSA) is 74.0 Å². The van der Waals surface area contributed by atoms with Crippen molar-refractivity contribution in [2.75, 3.05) is 13.8 Å². The average molecular weight is 381 g/mol. The van der Waals surface area contributed by atoms with E-state index in [4.69, 9.17) is 15.2 Å². The summed E-state index contributed by atoms with van der Waals surface area (Å²) in [6.07, 6.45) is 0.546. The number of benzene rings is 1. The molecule has 2 N–H and O–H groups in total. The van der Waals surface area contributed by atoms with Gasteiger partial charge >= 0.3 is 6.61 Å². The average Bonchev–Trinajstić information content (AvgIpc) is 2.92. The molecule has 0 saturated heterocycles. The van der Waals surface area contributed by atoms with Gasteiger partial charge in [0.2, 0.25) is 12.7 Å². The monoisotopic (exact) mass is 380 g/mol. The van der Waals surface area contributed by atoms with Crippen LogP contribution in [0.3, 0.4) is 0 Å². The Morgan fingerprint density at radius 1 is 1.32 bits per heavy atom. The molecule has 1 aromatic rings. The van der Waals surface area contributed by atoms with Crippen LogP contribution in [0.4, 0.5) is 8.78 Å². The third-order valence-corrected chi connectivity index (χ3v) is 3.60. The standard InChI is InChI=1S/C16H22F2N2O4.ClH/c1-9(2)4-11(19)15(21)20(3)7-10-5-13-14(23-8-22-13)6-12(10)24-16(17)18;/h5-6,9,11,16H,4,7-8,19H2,1-3H3;1H/t11-;/m0./s1. The summed E-state index contributed by atoms with van der Waals surface area (Å²) < 4.78 is 40.2. The number of amides is 1. The van der Waals surface area contributed by atoms with Crippen molar-refractivity contribution < 1.29 is 27.8 Å². The minimum Gasteiger partial charge on any atom is -0.454 e. The number of ether oxygens (including phenoxy) is 3. The van der Waals surface area contributed by atoms with E-state index in [0.717, 1.165) is 0 Å². The van der Waals surface area contributed by atoms with Crippen LogP contribution in [0.25, 0.3) is 0 Å². The number of alkyl halides is 2. The van der Waals surface area contributed by atoms with Crippen molar-refractivity contribution in [3.05, 3.63) is 17.7 Å². The van der Waals surface area contributed by atoms with Crippen LogP contribution in [-0.4, -0.2) is 37.3 Å². The van der Waals surface area contributed by atoms with Crippen molar-refractivity contribution in [3.63, 3.8) is 0 Å². The fraction of sp³-hybridized carbons (Fsp3) is 0.562. The number of nitrogens with two attached hydrogens (primary N) is 1. The molecule has 142 valence electrons. The Labute approximate surface area is 151 Å². The summed E-state index contributed by atoms with van der Waals surface area (Å²) in [5.74, 6) is 0.732. The third-order valence-electron chi connectivity index (χ3n) is 3.60. The molecule has 1 amide bonds. The van der Waals surface area contributed by atoms with Gasteiger partial charge in [0.05, 0.1) is 6.04 Å². The predicted molar refractivity (Wildman–Crippen MR) is 90.3 cm³/mol. The van der Waals surface area contributed by atoms with Crippen molar-refractivity contribution in [3.8, 4) is 17.2 Å². The Morgan fingerprint density at radius 2 is 1.92 bits per heavy atom. The molecule has 0 aromatic heterocycles. The van der Waals surface area contributed by atoms with Crippen molar-refractivity contribution in [2.45, 2.75) is 39.5 Å². The normalized spacial score (nSPS) is 13.6. The van der Waals surface area contributed by atoms with Crippen molar-refractivity contribution in [1.82, 2.24) is 4.90 Å². The molecule has 1 heterocycles. The van der Waals surface area contributed by atoms with E-state index in [0.29, 0.717) is 23.5 Å². The second kappa shape index (κ2) is 9.05. The van der Waals surface area contributed by atoms with Gasteiger partial charge in [-0.1, -0.05) is 13.8 Å². The number of hydrogen-bond acceptors (Lipinski definition) is 5. The first-order valence-corrected chi connectivity index (χ1v) is 7.65. The lowest BCUT2D eigenvalue weighted by atomic mass is 10.0. The van der Waals surface area contributed by atoms with Gasteiger partial charge in [-0.25, -0.2) is 0 Å². The Morgan fingerprint density at radius 3 is 2.48 bits per heavy atom. The summed E-state index contributed by atoms with van der Waals surface area (Å²) in [6, 6.07) is 2.25. The molecule has 0 radical (unpaired) electrons. The molecular formula is C16H23ClF2N2O4. The second-order valence-electron chi connectivity index (χ2n) is 6.12. The number of fused-ring (bicyclic) bond motifs is 1. The zero-order valence-electron chi connectivity index (χ0n) is 14.3. The number of carbonyl (C=O) groups excluding carboxylic acids is 1. The smallest absolute Gasteiger partial charge is 0.387 e. The fourth-order valence-electron chi connectivity index (χ4n) is 2.52. The summed E-state index contributed by atoms with van der Waals surface area (Å²) in [6.45, 7) is 1.05. The van der Waals surface area contributed by atoms with Gasteiger partial charge in [0.25, 0.3) is 0 Å². The van der Waals surface area contributed by atoms with E-state index in [1.807, 2.05) is 13.8 Å². The quantitative estimate of drug-likeness (QED) is 0.787. The molecule has 0 aliphatic carbocycles. The molecule has 1 aliphatic rings. The van der Waals surface area contributed by atoms with Crippen LogP contribution in [0.15, 0.2) is 12.1 Å². The SMILES string of the molecule is CC(C)C[C@H](N)C(=O)N(C)Cc1cc2c(cc1OC(F)F)OCO2.Cl. The molecule has 2 rings (SSSR count). The van der Waals surface area contributed by atoms with Crippen LogP contribution in [0, 0.1) is 5.92 Å². The van der Waals surface area contributed by atoms with E-state index in [-0.39, 0.29) is 43.3 Å². The summed E-state index contributed by atoms with van der Waals surface area (Å²) in [5.41, 5.74) is 6.29. The highest BCUT2D eigenvalue weighted by molar-refractivity contribution is 5.85.